The molecule has 0 aromatic heterocycles. The Hall–Kier alpha value is -1.60. The van der Waals surface area contributed by atoms with Crippen LogP contribution in [0.1, 0.15) is 11.1 Å². The van der Waals surface area contributed by atoms with E-state index in [2.05, 4.69) is 4.99 Å². The highest BCUT2D eigenvalue weighted by Crippen LogP contribution is 2.20. The van der Waals surface area contributed by atoms with Gasteiger partial charge in [0.1, 0.15) is 5.75 Å². The van der Waals surface area contributed by atoms with E-state index in [4.69, 9.17) is 4.74 Å². The van der Waals surface area contributed by atoms with Crippen molar-refractivity contribution in [1.29, 1.82) is 0 Å². The number of hydrogen-bond donors (Lipinski definition) is 0. The lowest BCUT2D eigenvalue weighted by molar-refractivity contribution is 0.328. The number of aliphatic imine (C=N–C) groups is 1. The zero-order chi connectivity index (χ0) is 9.68. The SMILES string of the molecule is Cc1cccc(OCN=C=O)c1C. The van der Waals surface area contributed by atoms with Crippen molar-refractivity contribution in [3.05, 3.63) is 29.3 Å². The zero-order valence-corrected chi connectivity index (χ0v) is 7.70. The lowest BCUT2D eigenvalue weighted by atomic mass is 10.1. The first-order valence-corrected chi connectivity index (χ1v) is 3.98. The molecule has 0 fully saturated rings. The van der Waals surface area contributed by atoms with E-state index in [9.17, 15) is 4.79 Å². The molecule has 1 rings (SSSR count). The molecule has 0 spiro atoms. The normalized spacial score (nSPS) is 9.08. The molecule has 0 bridgehead atoms. The number of isocyanates is 1. The maximum atomic E-state index is 9.78. The van der Waals surface area contributed by atoms with E-state index >= 15 is 0 Å². The van der Waals surface area contributed by atoms with Gasteiger partial charge in [0.2, 0.25) is 6.08 Å². The molecule has 3 heteroatoms. The van der Waals surface area contributed by atoms with Gasteiger partial charge in [-0.25, -0.2) is 4.79 Å². The van der Waals surface area contributed by atoms with Gasteiger partial charge in [0.05, 0.1) is 0 Å². The Labute approximate surface area is 77.1 Å². The van der Waals surface area contributed by atoms with Gasteiger partial charge >= 0.3 is 0 Å². The average molecular weight is 177 g/mol. The fraction of sp³-hybridized carbons (Fsp3) is 0.300. The fourth-order valence-electron chi connectivity index (χ4n) is 1.01. The third-order valence-electron chi connectivity index (χ3n) is 1.90. The molecule has 0 saturated carbocycles. The van der Waals surface area contributed by atoms with Crippen molar-refractivity contribution < 1.29 is 9.53 Å². The minimum Gasteiger partial charge on any atom is -0.470 e. The van der Waals surface area contributed by atoms with Crippen LogP contribution in [-0.2, 0) is 4.79 Å². The minimum atomic E-state index is 0.0355. The van der Waals surface area contributed by atoms with E-state index in [-0.39, 0.29) is 6.73 Å². The highest BCUT2D eigenvalue weighted by atomic mass is 16.5. The summed E-state index contributed by atoms with van der Waals surface area (Å²) in [5.41, 5.74) is 2.23. The molecule has 13 heavy (non-hydrogen) atoms. The van der Waals surface area contributed by atoms with Crippen LogP contribution < -0.4 is 4.74 Å². The molecule has 68 valence electrons. The van der Waals surface area contributed by atoms with Crippen LogP contribution in [0.5, 0.6) is 5.75 Å². The Kier molecular flexibility index (Phi) is 3.23. The summed E-state index contributed by atoms with van der Waals surface area (Å²) in [5, 5.41) is 0. The first-order valence-electron chi connectivity index (χ1n) is 3.98. The van der Waals surface area contributed by atoms with Crippen LogP contribution in [0.25, 0.3) is 0 Å². The second-order valence-corrected chi connectivity index (χ2v) is 2.72. The highest BCUT2D eigenvalue weighted by Gasteiger charge is 1.99. The number of rotatable bonds is 3. The van der Waals surface area contributed by atoms with E-state index in [0.717, 1.165) is 16.9 Å². The highest BCUT2D eigenvalue weighted by molar-refractivity contribution is 5.38. The molecule has 0 heterocycles. The van der Waals surface area contributed by atoms with Crippen LogP contribution in [0.4, 0.5) is 0 Å². The molecule has 0 aliphatic heterocycles. The van der Waals surface area contributed by atoms with E-state index in [1.165, 1.54) is 6.08 Å². The number of carbonyl (C=O) groups excluding carboxylic acids is 1. The molecule has 0 amide bonds. The predicted octanol–water partition coefficient (Wildman–Crippen LogP) is 1.98. The summed E-state index contributed by atoms with van der Waals surface area (Å²) in [4.78, 5) is 13.1. The Bertz CT molecular complexity index is 341. The Morgan fingerprint density at radius 1 is 1.46 bits per heavy atom. The molecule has 0 unspecified atom stereocenters. The second kappa shape index (κ2) is 4.43. The molecular formula is C10H11NO2. The maximum Gasteiger partial charge on any atom is 0.238 e. The summed E-state index contributed by atoms with van der Waals surface area (Å²) >= 11 is 0. The van der Waals surface area contributed by atoms with Gasteiger partial charge in [0.15, 0.2) is 6.73 Å². The van der Waals surface area contributed by atoms with Crippen molar-refractivity contribution in [3.63, 3.8) is 0 Å². The van der Waals surface area contributed by atoms with Crippen molar-refractivity contribution in [2.75, 3.05) is 6.73 Å². The van der Waals surface area contributed by atoms with Gasteiger partial charge in [-0.2, -0.15) is 4.99 Å². The van der Waals surface area contributed by atoms with Gasteiger partial charge in [-0.1, -0.05) is 12.1 Å². The van der Waals surface area contributed by atoms with Crippen LogP contribution in [0, 0.1) is 13.8 Å². The van der Waals surface area contributed by atoms with Crippen molar-refractivity contribution in [3.8, 4) is 5.75 Å². The third-order valence-corrected chi connectivity index (χ3v) is 1.90. The van der Waals surface area contributed by atoms with Crippen molar-refractivity contribution in [2.24, 2.45) is 4.99 Å². The van der Waals surface area contributed by atoms with E-state index in [1.54, 1.807) is 0 Å². The van der Waals surface area contributed by atoms with Gasteiger partial charge in [-0.05, 0) is 31.0 Å². The summed E-state index contributed by atoms with van der Waals surface area (Å²) in [5.74, 6) is 0.763. The predicted molar refractivity (Wildman–Crippen MR) is 49.5 cm³/mol. The molecule has 0 aliphatic rings. The first kappa shape index (κ1) is 9.49. The van der Waals surface area contributed by atoms with Gasteiger partial charge < -0.3 is 4.74 Å². The molecule has 0 saturated heterocycles. The molecule has 0 atom stereocenters. The second-order valence-electron chi connectivity index (χ2n) is 2.72. The van der Waals surface area contributed by atoms with Crippen LogP contribution in [0.2, 0.25) is 0 Å². The Balaban J connectivity index is 2.76. The van der Waals surface area contributed by atoms with Gasteiger partial charge in [0.25, 0.3) is 0 Å². The number of aryl methyl sites for hydroxylation is 1. The Morgan fingerprint density at radius 2 is 2.23 bits per heavy atom. The summed E-state index contributed by atoms with van der Waals surface area (Å²) in [6.45, 7) is 4.01. The largest absolute Gasteiger partial charge is 0.470 e. The first-order chi connectivity index (χ1) is 6.25. The topological polar surface area (TPSA) is 38.7 Å². The molecule has 1 aromatic rings. The van der Waals surface area contributed by atoms with Gasteiger partial charge in [-0.3, -0.25) is 0 Å². The van der Waals surface area contributed by atoms with E-state index in [0.29, 0.717) is 0 Å². The Morgan fingerprint density at radius 3 is 2.92 bits per heavy atom. The average Bonchev–Trinajstić information content (AvgIpc) is 2.13. The van der Waals surface area contributed by atoms with Gasteiger partial charge in [-0.15, -0.1) is 0 Å². The monoisotopic (exact) mass is 177 g/mol. The zero-order valence-electron chi connectivity index (χ0n) is 7.70. The lowest BCUT2D eigenvalue weighted by Crippen LogP contribution is -1.96. The third kappa shape index (κ3) is 2.42. The molecule has 3 nitrogen and oxygen atoms in total. The van der Waals surface area contributed by atoms with Crippen LogP contribution >= 0.6 is 0 Å². The minimum absolute atomic E-state index is 0.0355. The van der Waals surface area contributed by atoms with Crippen LogP contribution in [-0.4, -0.2) is 12.8 Å². The summed E-state index contributed by atoms with van der Waals surface area (Å²) in [7, 11) is 0. The number of hydrogen-bond acceptors (Lipinski definition) is 3. The number of nitrogens with zero attached hydrogens (tertiary/aromatic N) is 1. The van der Waals surface area contributed by atoms with E-state index < -0.39 is 0 Å². The molecule has 0 N–H and O–H groups in total. The van der Waals surface area contributed by atoms with Crippen molar-refractivity contribution in [2.45, 2.75) is 13.8 Å². The lowest BCUT2D eigenvalue weighted by Gasteiger charge is -2.07. The van der Waals surface area contributed by atoms with Gasteiger partial charge in [0, 0.05) is 0 Å². The molecular weight excluding hydrogens is 166 g/mol. The van der Waals surface area contributed by atoms with Crippen LogP contribution in [0.3, 0.4) is 0 Å². The fourth-order valence-corrected chi connectivity index (χ4v) is 1.01. The summed E-state index contributed by atoms with van der Waals surface area (Å²) in [6.07, 6.45) is 1.42. The smallest absolute Gasteiger partial charge is 0.238 e. The molecule has 0 radical (unpaired) electrons. The standard InChI is InChI=1S/C10H11NO2/c1-8-4-3-5-10(9(8)2)13-7-11-6-12/h3-5H,7H2,1-2H3. The van der Waals surface area contributed by atoms with Crippen molar-refractivity contribution >= 4 is 6.08 Å². The molecule has 1 aromatic carbocycles. The summed E-state index contributed by atoms with van der Waals surface area (Å²) < 4.78 is 5.23. The quantitative estimate of drug-likeness (QED) is 0.523. The van der Waals surface area contributed by atoms with Crippen LogP contribution in [0.15, 0.2) is 23.2 Å². The van der Waals surface area contributed by atoms with Crippen molar-refractivity contribution in [1.82, 2.24) is 0 Å². The van der Waals surface area contributed by atoms with E-state index in [1.807, 2.05) is 32.0 Å². The molecule has 0 aliphatic carbocycles. The summed E-state index contributed by atoms with van der Waals surface area (Å²) in [6, 6.07) is 5.76. The number of ether oxygens (including phenoxy) is 1. The number of benzene rings is 1. The maximum absolute atomic E-state index is 9.78.